The third kappa shape index (κ3) is 4.62. The van der Waals surface area contributed by atoms with Crippen LogP contribution in [0.4, 0.5) is 11.5 Å². The van der Waals surface area contributed by atoms with Crippen LogP contribution in [0.15, 0.2) is 41.4 Å². The van der Waals surface area contributed by atoms with Crippen molar-refractivity contribution >= 4 is 46.1 Å². The summed E-state index contributed by atoms with van der Waals surface area (Å²) >= 11 is 1.41. The molecule has 0 aliphatic carbocycles. The Labute approximate surface area is 200 Å². The number of aromatic nitrogens is 3. The summed E-state index contributed by atoms with van der Waals surface area (Å²) in [5.41, 5.74) is 2.92. The van der Waals surface area contributed by atoms with E-state index in [1.165, 1.54) is 11.8 Å². The van der Waals surface area contributed by atoms with Gasteiger partial charge in [0.05, 0.1) is 35.1 Å². The van der Waals surface area contributed by atoms with Crippen molar-refractivity contribution in [2.24, 2.45) is 0 Å². The number of rotatable bonds is 6. The van der Waals surface area contributed by atoms with Gasteiger partial charge >= 0.3 is 0 Å². The van der Waals surface area contributed by atoms with Gasteiger partial charge in [-0.25, -0.2) is 9.97 Å². The van der Waals surface area contributed by atoms with E-state index in [0.29, 0.717) is 17.5 Å². The molecule has 3 aromatic rings. The zero-order chi connectivity index (χ0) is 23.7. The molecule has 2 unspecified atom stereocenters. The number of fused-ring (bicyclic) bond motifs is 2. The van der Waals surface area contributed by atoms with Gasteiger partial charge in [0, 0.05) is 31.4 Å². The van der Waals surface area contributed by atoms with Crippen LogP contribution in [0.5, 0.6) is 5.88 Å². The summed E-state index contributed by atoms with van der Waals surface area (Å²) < 4.78 is 5.29. The first kappa shape index (κ1) is 22.4. The van der Waals surface area contributed by atoms with Crippen LogP contribution in [-0.2, 0) is 4.79 Å². The molecule has 10 nitrogen and oxygen atoms in total. The molecular formula is C23H25N7O3S. The minimum atomic E-state index is -0.293. The number of anilines is 2. The Morgan fingerprint density at radius 3 is 3.00 bits per heavy atom. The average molecular weight is 480 g/mol. The average Bonchev–Trinajstić information content (AvgIpc) is 3.30. The topological polar surface area (TPSA) is 121 Å². The van der Waals surface area contributed by atoms with Crippen molar-refractivity contribution < 1.29 is 14.3 Å². The van der Waals surface area contributed by atoms with E-state index < -0.39 is 0 Å². The Morgan fingerprint density at radius 2 is 2.15 bits per heavy atom. The Bertz CT molecular complexity index is 1250. The van der Waals surface area contributed by atoms with Gasteiger partial charge in [0.2, 0.25) is 11.8 Å². The first-order valence-corrected chi connectivity index (χ1v) is 12.0. The Balaban J connectivity index is 1.21. The van der Waals surface area contributed by atoms with Gasteiger partial charge in [-0.3, -0.25) is 19.9 Å². The Kier molecular flexibility index (Phi) is 6.20. The van der Waals surface area contributed by atoms with Gasteiger partial charge in [-0.1, -0.05) is 0 Å². The largest absolute Gasteiger partial charge is 0.481 e. The molecule has 0 saturated carbocycles. The van der Waals surface area contributed by atoms with E-state index in [4.69, 9.17) is 4.74 Å². The third-order valence-corrected chi connectivity index (χ3v) is 6.86. The first-order valence-electron chi connectivity index (χ1n) is 11.1. The van der Waals surface area contributed by atoms with E-state index in [2.05, 4.69) is 35.8 Å². The van der Waals surface area contributed by atoms with Gasteiger partial charge in [0.1, 0.15) is 17.0 Å². The second-order valence-corrected chi connectivity index (χ2v) is 9.24. The van der Waals surface area contributed by atoms with Crippen molar-refractivity contribution in [2.45, 2.75) is 30.4 Å². The second-order valence-electron chi connectivity index (χ2n) is 8.22. The molecule has 1 fully saturated rings. The van der Waals surface area contributed by atoms with Gasteiger partial charge in [-0.15, -0.1) is 11.8 Å². The Morgan fingerprint density at radius 1 is 1.26 bits per heavy atom. The SMILES string of the molecule is COc1ccc2nccc(N3CCC(NC(C)NC(=O)c4ccc5c(n4)NC(=O)CS5)C3)c2n1. The molecule has 5 rings (SSSR count). The van der Waals surface area contributed by atoms with Crippen molar-refractivity contribution in [3.8, 4) is 5.88 Å². The van der Waals surface area contributed by atoms with E-state index in [1.807, 2.05) is 31.2 Å². The molecule has 3 aromatic heterocycles. The van der Waals surface area contributed by atoms with E-state index in [-0.39, 0.29) is 29.7 Å². The van der Waals surface area contributed by atoms with Crippen LogP contribution in [0.2, 0.25) is 0 Å². The third-order valence-electron chi connectivity index (χ3n) is 5.82. The quantitative estimate of drug-likeness (QED) is 0.456. The molecule has 0 spiro atoms. The zero-order valence-electron chi connectivity index (χ0n) is 18.9. The molecule has 0 bridgehead atoms. The van der Waals surface area contributed by atoms with Crippen LogP contribution in [0.1, 0.15) is 23.8 Å². The number of amides is 2. The number of nitrogens with zero attached hydrogens (tertiary/aromatic N) is 4. The maximum atomic E-state index is 12.7. The molecule has 2 aliphatic heterocycles. The summed E-state index contributed by atoms with van der Waals surface area (Å²) in [6.07, 6.45) is 2.46. The van der Waals surface area contributed by atoms with Gasteiger partial charge in [0.15, 0.2) is 0 Å². The first-order chi connectivity index (χ1) is 16.5. The van der Waals surface area contributed by atoms with Crippen molar-refractivity contribution in [1.29, 1.82) is 0 Å². The van der Waals surface area contributed by atoms with Crippen LogP contribution < -0.4 is 25.6 Å². The molecule has 11 heteroatoms. The number of carbonyl (C=O) groups is 2. The van der Waals surface area contributed by atoms with E-state index >= 15 is 0 Å². The van der Waals surface area contributed by atoms with Crippen LogP contribution in [-0.4, -0.2) is 64.9 Å². The van der Waals surface area contributed by atoms with Crippen LogP contribution in [0.25, 0.3) is 11.0 Å². The lowest BCUT2D eigenvalue weighted by Crippen LogP contribution is -2.48. The number of methoxy groups -OCH3 is 1. The minimum Gasteiger partial charge on any atom is -0.481 e. The van der Waals surface area contributed by atoms with Gasteiger partial charge in [0.25, 0.3) is 5.91 Å². The molecule has 34 heavy (non-hydrogen) atoms. The summed E-state index contributed by atoms with van der Waals surface area (Å²) in [5.74, 6) is 0.952. The van der Waals surface area contributed by atoms with Crippen molar-refractivity contribution in [3.05, 3.63) is 42.2 Å². The highest BCUT2D eigenvalue weighted by Gasteiger charge is 2.26. The minimum absolute atomic E-state index is 0.112. The fourth-order valence-electron chi connectivity index (χ4n) is 4.23. The molecule has 0 aromatic carbocycles. The van der Waals surface area contributed by atoms with E-state index in [9.17, 15) is 9.59 Å². The standard InChI is InChI=1S/C23H25N7O3S/c1-13(26-23(32)16-3-5-18-22(27-16)28-19(31)12-34-18)25-14-8-10-30(11-14)17-7-9-24-15-4-6-20(33-2)29-21(15)17/h3-7,9,13-14,25H,8,10-12H2,1-2H3,(H,26,32)(H,27,28,31). The fourth-order valence-corrected chi connectivity index (χ4v) is 4.99. The van der Waals surface area contributed by atoms with Gasteiger partial charge < -0.3 is 20.3 Å². The summed E-state index contributed by atoms with van der Waals surface area (Å²) in [6.45, 7) is 3.55. The maximum absolute atomic E-state index is 12.7. The summed E-state index contributed by atoms with van der Waals surface area (Å²) in [6, 6.07) is 9.38. The smallest absolute Gasteiger partial charge is 0.271 e. The van der Waals surface area contributed by atoms with Crippen molar-refractivity contribution in [3.63, 3.8) is 0 Å². The highest BCUT2D eigenvalue weighted by atomic mass is 32.2. The molecule has 0 radical (unpaired) electrons. The van der Waals surface area contributed by atoms with Gasteiger partial charge in [-0.05, 0) is 37.6 Å². The predicted octanol–water partition coefficient (Wildman–Crippen LogP) is 2.02. The number of carbonyl (C=O) groups excluding carboxylic acids is 2. The number of hydrogen-bond donors (Lipinski definition) is 3. The fraction of sp³-hybridized carbons (Fsp3) is 0.348. The van der Waals surface area contributed by atoms with Crippen LogP contribution >= 0.6 is 11.8 Å². The lowest BCUT2D eigenvalue weighted by molar-refractivity contribution is -0.113. The van der Waals surface area contributed by atoms with Crippen molar-refractivity contribution in [2.75, 3.05) is 36.2 Å². The molecule has 1 saturated heterocycles. The predicted molar refractivity (Wildman–Crippen MR) is 130 cm³/mol. The summed E-state index contributed by atoms with van der Waals surface area (Å²) in [5, 5.41) is 9.15. The lowest BCUT2D eigenvalue weighted by Gasteiger charge is -2.23. The molecule has 2 amide bonds. The number of nitrogens with one attached hydrogen (secondary N) is 3. The van der Waals surface area contributed by atoms with E-state index in [0.717, 1.165) is 41.1 Å². The van der Waals surface area contributed by atoms with Crippen LogP contribution in [0, 0.1) is 0 Å². The maximum Gasteiger partial charge on any atom is 0.271 e. The van der Waals surface area contributed by atoms with Gasteiger partial charge in [-0.2, -0.15) is 0 Å². The molecule has 176 valence electrons. The van der Waals surface area contributed by atoms with E-state index in [1.54, 1.807) is 19.4 Å². The number of pyridine rings is 3. The summed E-state index contributed by atoms with van der Waals surface area (Å²) in [7, 11) is 1.60. The Hall–Kier alpha value is -3.44. The summed E-state index contributed by atoms with van der Waals surface area (Å²) in [4.78, 5) is 40.8. The van der Waals surface area contributed by atoms with Crippen LogP contribution in [0.3, 0.4) is 0 Å². The number of hydrogen-bond acceptors (Lipinski definition) is 9. The molecule has 2 aliphatic rings. The normalized spacial score (nSPS) is 18.4. The molecule has 2 atom stereocenters. The molecular weight excluding hydrogens is 454 g/mol. The highest BCUT2D eigenvalue weighted by Crippen LogP contribution is 2.30. The van der Waals surface area contributed by atoms with Crippen molar-refractivity contribution in [1.82, 2.24) is 25.6 Å². The molecule has 3 N–H and O–H groups in total. The monoisotopic (exact) mass is 479 g/mol. The number of ether oxygens (including phenoxy) is 1. The lowest BCUT2D eigenvalue weighted by atomic mass is 10.2. The molecule has 5 heterocycles. The number of thioether (sulfide) groups is 1. The zero-order valence-corrected chi connectivity index (χ0v) is 19.7. The highest BCUT2D eigenvalue weighted by molar-refractivity contribution is 8.00. The second kappa shape index (κ2) is 9.43.